The molecule has 2 heterocycles. The zero-order valence-electron chi connectivity index (χ0n) is 23.0. The fraction of sp³-hybridized carbons (Fsp3) is 0.212. The van der Waals surface area contributed by atoms with Crippen LogP contribution in [0.5, 0.6) is 0 Å². The van der Waals surface area contributed by atoms with Crippen LogP contribution < -0.4 is 5.56 Å². The summed E-state index contributed by atoms with van der Waals surface area (Å²) >= 11 is 0. The summed E-state index contributed by atoms with van der Waals surface area (Å²) in [5.74, 6) is -2.03. The second-order valence-corrected chi connectivity index (χ2v) is 10.5. The number of pyridine rings is 1. The first kappa shape index (κ1) is 32.3. The molecule has 10 heteroatoms. The molecule has 0 unspecified atom stereocenters. The maximum absolute atomic E-state index is 14.4. The summed E-state index contributed by atoms with van der Waals surface area (Å²) in [6.45, 7) is 3.82. The Kier molecular flexibility index (Phi) is 10.0. The van der Waals surface area contributed by atoms with Gasteiger partial charge in [0.25, 0.3) is 5.56 Å². The Hall–Kier alpha value is -3.60. The number of aliphatic hydroxyl groups is 2. The standard InChI is InChI=1S/C33H30F2N2O5.Na.H/c1-19(2)36-28(16-15-24(38)17-25(39)18-29(40)41)30(20-7-9-21(34)10-8-20)31-26-5-3-4-6-27(26)37(33(42)32(31)36)23-13-11-22(35)12-14-23;;/h3-16,19,24-25,38-39H,17-18H2,1-2H3,(H,40,41);;/b16-15+;;/t24-,25+;;/m0../s1. The normalized spacial score (nSPS) is 13.1. The molecule has 0 aliphatic carbocycles. The number of rotatable bonds is 9. The third-order valence-electron chi connectivity index (χ3n) is 7.20. The molecule has 218 valence electrons. The summed E-state index contributed by atoms with van der Waals surface area (Å²) < 4.78 is 31.2. The van der Waals surface area contributed by atoms with Crippen LogP contribution in [0.15, 0.2) is 83.7 Å². The van der Waals surface area contributed by atoms with Crippen molar-refractivity contribution in [3.63, 3.8) is 0 Å². The summed E-state index contributed by atoms with van der Waals surface area (Å²) in [7, 11) is 0. The van der Waals surface area contributed by atoms with Crippen LogP contribution in [0.25, 0.3) is 44.7 Å². The fourth-order valence-corrected chi connectivity index (χ4v) is 5.48. The van der Waals surface area contributed by atoms with Crippen molar-refractivity contribution in [1.29, 1.82) is 0 Å². The second kappa shape index (κ2) is 13.4. The van der Waals surface area contributed by atoms with E-state index in [2.05, 4.69) is 0 Å². The number of aliphatic hydroxyl groups excluding tert-OH is 2. The Bertz CT molecular complexity index is 1860. The van der Waals surface area contributed by atoms with E-state index in [0.29, 0.717) is 38.9 Å². The molecule has 0 aliphatic rings. The van der Waals surface area contributed by atoms with Crippen LogP contribution in [0.3, 0.4) is 0 Å². The zero-order valence-corrected chi connectivity index (χ0v) is 23.0. The topological polar surface area (TPSA) is 105 Å². The summed E-state index contributed by atoms with van der Waals surface area (Å²) in [5.41, 5.74) is 2.96. The number of halogens is 2. The number of nitrogens with zero attached hydrogens (tertiary/aromatic N) is 2. The van der Waals surface area contributed by atoms with Gasteiger partial charge in [-0.2, -0.15) is 0 Å². The molecule has 3 N–H and O–H groups in total. The predicted molar refractivity (Wildman–Crippen MR) is 166 cm³/mol. The molecule has 0 aliphatic heterocycles. The van der Waals surface area contributed by atoms with Gasteiger partial charge in [-0.3, -0.25) is 14.2 Å². The van der Waals surface area contributed by atoms with Crippen LogP contribution in [0.1, 0.15) is 38.4 Å². The third-order valence-corrected chi connectivity index (χ3v) is 7.20. The predicted octanol–water partition coefficient (Wildman–Crippen LogP) is 5.42. The van der Waals surface area contributed by atoms with Gasteiger partial charge < -0.3 is 19.9 Å². The Labute approximate surface area is 268 Å². The molecule has 3 aromatic carbocycles. The van der Waals surface area contributed by atoms with Gasteiger partial charge >= 0.3 is 35.5 Å². The first-order valence-electron chi connectivity index (χ1n) is 13.6. The first-order chi connectivity index (χ1) is 20.1. The van der Waals surface area contributed by atoms with Crippen LogP contribution in [-0.4, -0.2) is 72.2 Å². The van der Waals surface area contributed by atoms with E-state index >= 15 is 0 Å². The second-order valence-electron chi connectivity index (χ2n) is 10.5. The molecule has 5 rings (SSSR count). The Morgan fingerprint density at radius 2 is 1.53 bits per heavy atom. The number of carboxylic acids is 1. The van der Waals surface area contributed by atoms with Gasteiger partial charge in [0.15, 0.2) is 0 Å². The summed E-state index contributed by atoms with van der Waals surface area (Å²) in [5, 5.41) is 31.0. The van der Waals surface area contributed by atoms with Crippen molar-refractivity contribution >= 4 is 63.4 Å². The number of hydrogen-bond donors (Lipinski definition) is 3. The molecule has 0 amide bonds. The fourth-order valence-electron chi connectivity index (χ4n) is 5.48. The molecule has 0 spiro atoms. The number of aliphatic carboxylic acids is 1. The molecule has 0 saturated carbocycles. The summed E-state index contributed by atoms with van der Waals surface area (Å²) in [6.07, 6.45) is -0.0311. The van der Waals surface area contributed by atoms with E-state index in [4.69, 9.17) is 5.11 Å². The number of carboxylic acid groups (broad SMARTS) is 1. The number of fused-ring (bicyclic) bond motifs is 3. The number of carbonyl (C=O) groups is 1. The minimum absolute atomic E-state index is 0. The first-order valence-corrected chi connectivity index (χ1v) is 13.6. The van der Waals surface area contributed by atoms with Crippen LogP contribution in [-0.2, 0) is 4.79 Å². The van der Waals surface area contributed by atoms with Gasteiger partial charge in [0.2, 0.25) is 0 Å². The average Bonchev–Trinajstić information content (AvgIpc) is 3.29. The zero-order chi connectivity index (χ0) is 30.1. The summed E-state index contributed by atoms with van der Waals surface area (Å²) in [4.78, 5) is 25.4. The molecule has 43 heavy (non-hydrogen) atoms. The molecule has 0 bridgehead atoms. The Morgan fingerprint density at radius 1 is 0.930 bits per heavy atom. The number of benzene rings is 3. The van der Waals surface area contributed by atoms with Crippen molar-refractivity contribution in [3.8, 4) is 16.8 Å². The van der Waals surface area contributed by atoms with Crippen LogP contribution in [0, 0.1) is 11.6 Å². The molecular weight excluding hydrogens is 565 g/mol. The van der Waals surface area contributed by atoms with E-state index < -0.39 is 36.2 Å². The van der Waals surface area contributed by atoms with Gasteiger partial charge in [-0.05, 0) is 68.0 Å². The van der Waals surface area contributed by atoms with Crippen LogP contribution in [0.2, 0.25) is 0 Å². The van der Waals surface area contributed by atoms with E-state index in [0.717, 1.165) is 5.39 Å². The maximum atomic E-state index is 14.4. The number of hydrogen-bond acceptors (Lipinski definition) is 4. The SMILES string of the molecule is CC(C)n1c(/C=C/[C@H](O)C[C@@H](O)CC(=O)O)c(-c2ccc(F)cc2)c2c3ccccc3n(-c3ccc(F)cc3)c(=O)c21.[NaH]. The van der Waals surface area contributed by atoms with E-state index in [1.165, 1.54) is 47.0 Å². The van der Waals surface area contributed by atoms with Gasteiger partial charge in [0.1, 0.15) is 17.2 Å². The molecule has 0 fully saturated rings. The van der Waals surface area contributed by atoms with Crippen molar-refractivity contribution in [2.75, 3.05) is 0 Å². The minimum atomic E-state index is -1.25. The van der Waals surface area contributed by atoms with Gasteiger partial charge in [0.05, 0.1) is 24.1 Å². The Morgan fingerprint density at radius 3 is 2.14 bits per heavy atom. The van der Waals surface area contributed by atoms with Crippen molar-refractivity contribution < 1.29 is 28.9 Å². The molecule has 2 aromatic heterocycles. The van der Waals surface area contributed by atoms with Crippen LogP contribution >= 0.6 is 0 Å². The quantitative estimate of drug-likeness (QED) is 0.197. The molecule has 0 radical (unpaired) electrons. The molecule has 0 saturated heterocycles. The van der Waals surface area contributed by atoms with E-state index in [1.54, 1.807) is 18.2 Å². The summed E-state index contributed by atoms with van der Waals surface area (Å²) in [6, 6.07) is 18.7. The number of para-hydroxylation sites is 1. The van der Waals surface area contributed by atoms with Crippen molar-refractivity contribution in [2.45, 2.75) is 44.9 Å². The van der Waals surface area contributed by atoms with Crippen molar-refractivity contribution in [1.82, 2.24) is 9.13 Å². The van der Waals surface area contributed by atoms with Gasteiger partial charge in [-0.1, -0.05) is 36.4 Å². The van der Waals surface area contributed by atoms with E-state index in [1.807, 2.05) is 42.7 Å². The third kappa shape index (κ3) is 6.51. The number of aromatic nitrogens is 2. The van der Waals surface area contributed by atoms with Crippen molar-refractivity contribution in [3.05, 3.63) is 107 Å². The molecule has 2 atom stereocenters. The molecule has 5 aromatic rings. The Balaban J connectivity index is 0.00000423. The van der Waals surface area contributed by atoms with E-state index in [9.17, 15) is 28.6 Å². The van der Waals surface area contributed by atoms with E-state index in [-0.39, 0.29) is 47.6 Å². The van der Waals surface area contributed by atoms with Gasteiger partial charge in [0, 0.05) is 40.2 Å². The molecular formula is C33H31F2N2NaO5. The monoisotopic (exact) mass is 596 g/mol. The van der Waals surface area contributed by atoms with Crippen molar-refractivity contribution in [2.24, 2.45) is 0 Å². The average molecular weight is 597 g/mol. The van der Waals surface area contributed by atoms with Gasteiger partial charge in [-0.15, -0.1) is 0 Å². The van der Waals surface area contributed by atoms with Crippen LogP contribution in [0.4, 0.5) is 8.78 Å². The van der Waals surface area contributed by atoms with Gasteiger partial charge in [-0.25, -0.2) is 8.78 Å². The molecule has 7 nitrogen and oxygen atoms in total.